The van der Waals surface area contributed by atoms with E-state index in [1.54, 1.807) is 0 Å². The maximum atomic E-state index is 11.7. The van der Waals surface area contributed by atoms with Crippen molar-refractivity contribution in [3.63, 3.8) is 0 Å². The summed E-state index contributed by atoms with van der Waals surface area (Å²) in [5, 5.41) is 0. The van der Waals surface area contributed by atoms with Crippen LogP contribution in [0.15, 0.2) is 0 Å². The molecule has 0 spiro atoms. The maximum absolute atomic E-state index is 11.7. The van der Waals surface area contributed by atoms with Gasteiger partial charge in [-0.15, -0.1) is 0 Å². The SMILES string of the molecule is CCCCCCOP(=O)(O)CN(CC)CC. The van der Waals surface area contributed by atoms with Crippen LogP contribution in [0.2, 0.25) is 0 Å². The third-order valence-electron chi connectivity index (χ3n) is 2.56. The van der Waals surface area contributed by atoms with Crippen molar-refractivity contribution in [3.05, 3.63) is 0 Å². The van der Waals surface area contributed by atoms with Crippen LogP contribution in [-0.4, -0.2) is 35.8 Å². The van der Waals surface area contributed by atoms with Crippen molar-refractivity contribution in [1.29, 1.82) is 0 Å². The van der Waals surface area contributed by atoms with Crippen LogP contribution in [0, 0.1) is 0 Å². The summed E-state index contributed by atoms with van der Waals surface area (Å²) in [6, 6.07) is 0. The van der Waals surface area contributed by atoms with E-state index in [1.807, 2.05) is 18.7 Å². The number of rotatable bonds is 10. The van der Waals surface area contributed by atoms with E-state index in [0.29, 0.717) is 6.61 Å². The van der Waals surface area contributed by atoms with Crippen molar-refractivity contribution in [3.8, 4) is 0 Å². The van der Waals surface area contributed by atoms with Gasteiger partial charge in [-0.2, -0.15) is 0 Å². The highest BCUT2D eigenvalue weighted by Gasteiger charge is 2.21. The Bertz CT molecular complexity index is 207. The standard InChI is InChI=1S/C11H26NO3P/c1-4-7-8-9-10-15-16(13,14)11-12(5-2)6-3/h4-11H2,1-3H3,(H,13,14). The molecule has 1 N–H and O–H groups in total. The van der Waals surface area contributed by atoms with Gasteiger partial charge in [0, 0.05) is 0 Å². The Morgan fingerprint density at radius 2 is 1.75 bits per heavy atom. The zero-order valence-corrected chi connectivity index (χ0v) is 11.7. The van der Waals surface area contributed by atoms with Gasteiger partial charge >= 0.3 is 7.60 Å². The molecule has 0 aliphatic heterocycles. The molecule has 4 nitrogen and oxygen atoms in total. The summed E-state index contributed by atoms with van der Waals surface area (Å²) in [5.41, 5.74) is 0. The number of unbranched alkanes of at least 4 members (excludes halogenated alkanes) is 3. The number of nitrogens with zero attached hydrogens (tertiary/aromatic N) is 1. The van der Waals surface area contributed by atoms with Crippen molar-refractivity contribution < 1.29 is 14.0 Å². The minimum atomic E-state index is -3.40. The highest BCUT2D eigenvalue weighted by atomic mass is 31.2. The molecular formula is C11H26NO3P. The summed E-state index contributed by atoms with van der Waals surface area (Å²) in [7, 11) is -3.40. The molecule has 0 aromatic carbocycles. The zero-order chi connectivity index (χ0) is 12.4. The first-order valence-electron chi connectivity index (χ1n) is 6.24. The molecule has 16 heavy (non-hydrogen) atoms. The second-order valence-electron chi connectivity index (χ2n) is 3.98. The van der Waals surface area contributed by atoms with Crippen molar-refractivity contribution in [2.45, 2.75) is 46.5 Å². The van der Waals surface area contributed by atoms with E-state index in [2.05, 4.69) is 6.92 Å². The second-order valence-corrected chi connectivity index (χ2v) is 5.79. The molecule has 0 rings (SSSR count). The molecule has 5 heteroatoms. The molecule has 0 aromatic heterocycles. The average Bonchev–Trinajstić information content (AvgIpc) is 2.25. The van der Waals surface area contributed by atoms with Crippen LogP contribution in [0.4, 0.5) is 0 Å². The van der Waals surface area contributed by atoms with E-state index < -0.39 is 7.60 Å². The van der Waals surface area contributed by atoms with Gasteiger partial charge in [0.2, 0.25) is 0 Å². The fourth-order valence-corrected chi connectivity index (χ4v) is 2.85. The fraction of sp³-hybridized carbons (Fsp3) is 1.00. The Labute approximate surface area is 99.5 Å². The first kappa shape index (κ1) is 16.1. The van der Waals surface area contributed by atoms with Gasteiger partial charge in [-0.1, -0.05) is 40.0 Å². The molecule has 98 valence electrons. The lowest BCUT2D eigenvalue weighted by molar-refractivity contribution is 0.228. The minimum absolute atomic E-state index is 0.147. The predicted molar refractivity (Wildman–Crippen MR) is 67.7 cm³/mol. The van der Waals surface area contributed by atoms with Crippen LogP contribution in [0.1, 0.15) is 46.5 Å². The van der Waals surface area contributed by atoms with Gasteiger partial charge in [-0.3, -0.25) is 9.46 Å². The molecule has 0 heterocycles. The van der Waals surface area contributed by atoms with Crippen molar-refractivity contribution in [2.75, 3.05) is 26.0 Å². The molecule has 0 aliphatic carbocycles. The first-order valence-corrected chi connectivity index (χ1v) is 8.00. The summed E-state index contributed by atoms with van der Waals surface area (Å²) in [4.78, 5) is 11.5. The van der Waals surface area contributed by atoms with Crippen molar-refractivity contribution in [2.24, 2.45) is 0 Å². The van der Waals surface area contributed by atoms with E-state index in [0.717, 1.165) is 38.8 Å². The average molecular weight is 251 g/mol. The molecule has 1 unspecified atom stereocenters. The number of hydrogen-bond donors (Lipinski definition) is 1. The van der Waals surface area contributed by atoms with Gasteiger partial charge in [0.1, 0.15) is 6.29 Å². The summed E-state index contributed by atoms with van der Waals surface area (Å²) < 4.78 is 16.7. The largest absolute Gasteiger partial charge is 0.341 e. The van der Waals surface area contributed by atoms with Crippen LogP contribution in [0.25, 0.3) is 0 Å². The molecule has 0 amide bonds. The van der Waals surface area contributed by atoms with E-state index in [4.69, 9.17) is 4.52 Å². The van der Waals surface area contributed by atoms with E-state index in [1.165, 1.54) is 0 Å². The van der Waals surface area contributed by atoms with E-state index in [-0.39, 0.29) is 6.29 Å². The zero-order valence-electron chi connectivity index (χ0n) is 10.8. The van der Waals surface area contributed by atoms with Crippen molar-refractivity contribution in [1.82, 2.24) is 4.90 Å². The molecular weight excluding hydrogens is 225 g/mol. The number of hydrogen-bond acceptors (Lipinski definition) is 3. The quantitative estimate of drug-likeness (QED) is 0.479. The second kappa shape index (κ2) is 9.17. The lowest BCUT2D eigenvalue weighted by atomic mass is 10.2. The highest BCUT2D eigenvalue weighted by Crippen LogP contribution is 2.42. The molecule has 0 radical (unpaired) electrons. The Morgan fingerprint density at radius 3 is 2.25 bits per heavy atom. The highest BCUT2D eigenvalue weighted by molar-refractivity contribution is 7.52. The van der Waals surface area contributed by atoms with Gasteiger partial charge in [-0.25, -0.2) is 0 Å². The topological polar surface area (TPSA) is 49.8 Å². The molecule has 0 aromatic rings. The van der Waals surface area contributed by atoms with Crippen LogP contribution < -0.4 is 0 Å². The molecule has 0 bridgehead atoms. The van der Waals surface area contributed by atoms with Crippen LogP contribution in [0.5, 0.6) is 0 Å². The molecule has 1 atom stereocenters. The molecule has 0 saturated carbocycles. The summed E-state index contributed by atoms with van der Waals surface area (Å²) >= 11 is 0. The third-order valence-corrected chi connectivity index (χ3v) is 3.91. The minimum Gasteiger partial charge on any atom is -0.323 e. The van der Waals surface area contributed by atoms with Crippen molar-refractivity contribution >= 4 is 7.60 Å². The first-order chi connectivity index (χ1) is 7.55. The Morgan fingerprint density at radius 1 is 1.12 bits per heavy atom. The summed E-state index contributed by atoms with van der Waals surface area (Å²) in [6.45, 7) is 8.04. The molecule has 0 fully saturated rings. The third kappa shape index (κ3) is 8.28. The lowest BCUT2D eigenvalue weighted by Gasteiger charge is -2.21. The van der Waals surface area contributed by atoms with Crippen LogP contribution in [-0.2, 0) is 9.09 Å². The van der Waals surface area contributed by atoms with Crippen LogP contribution in [0.3, 0.4) is 0 Å². The van der Waals surface area contributed by atoms with E-state index >= 15 is 0 Å². The monoisotopic (exact) mass is 251 g/mol. The van der Waals surface area contributed by atoms with Gasteiger partial charge in [0.25, 0.3) is 0 Å². The summed E-state index contributed by atoms with van der Waals surface area (Å²) in [6.07, 6.45) is 4.41. The Hall–Kier alpha value is 0.110. The molecule has 0 saturated heterocycles. The van der Waals surface area contributed by atoms with Gasteiger partial charge in [-0.05, 0) is 19.5 Å². The molecule has 0 aliphatic rings. The Balaban J connectivity index is 3.73. The smallest absolute Gasteiger partial charge is 0.323 e. The summed E-state index contributed by atoms with van der Waals surface area (Å²) in [5.74, 6) is 0. The van der Waals surface area contributed by atoms with Gasteiger partial charge in [0.15, 0.2) is 0 Å². The Kier molecular flexibility index (Phi) is 9.24. The van der Waals surface area contributed by atoms with Gasteiger partial charge in [0.05, 0.1) is 6.61 Å². The lowest BCUT2D eigenvalue weighted by Crippen LogP contribution is -2.24. The van der Waals surface area contributed by atoms with Crippen LogP contribution >= 0.6 is 7.60 Å². The predicted octanol–water partition coefficient (Wildman–Crippen LogP) is 3.07. The maximum Gasteiger partial charge on any atom is 0.341 e. The van der Waals surface area contributed by atoms with Gasteiger partial charge < -0.3 is 9.42 Å². The normalized spacial score (nSPS) is 15.3. The van der Waals surface area contributed by atoms with E-state index in [9.17, 15) is 9.46 Å². The fourth-order valence-electron chi connectivity index (χ4n) is 1.45.